The fraction of sp³-hybridized carbons (Fsp3) is 0.500. The molecule has 0 spiro atoms. The highest BCUT2D eigenvalue weighted by atomic mass is 15.1. The lowest BCUT2D eigenvalue weighted by Gasteiger charge is -2.17. The van der Waals surface area contributed by atoms with Crippen LogP contribution in [0, 0.1) is 11.3 Å². The molecule has 0 amide bonds. The van der Waals surface area contributed by atoms with Crippen LogP contribution in [0.2, 0.25) is 0 Å². The number of anilines is 1. The summed E-state index contributed by atoms with van der Waals surface area (Å²) in [5.41, 5.74) is 0.636. The topological polar surface area (TPSA) is 52.0 Å². The molecule has 1 unspecified atom stereocenters. The van der Waals surface area contributed by atoms with Gasteiger partial charge >= 0.3 is 0 Å². The third kappa shape index (κ3) is 4.28. The minimum absolute atomic E-state index is 0.351. The van der Waals surface area contributed by atoms with E-state index in [0.29, 0.717) is 11.6 Å². The highest BCUT2D eigenvalue weighted by Crippen LogP contribution is 2.08. The summed E-state index contributed by atoms with van der Waals surface area (Å²) in [7, 11) is 4.11. The largest absolute Gasteiger partial charge is 0.368 e. The van der Waals surface area contributed by atoms with Crippen LogP contribution < -0.4 is 5.32 Å². The van der Waals surface area contributed by atoms with Crippen LogP contribution in [0.25, 0.3) is 0 Å². The monoisotopic (exact) mass is 218 g/mol. The van der Waals surface area contributed by atoms with Crippen LogP contribution in [-0.4, -0.2) is 36.6 Å². The van der Waals surface area contributed by atoms with E-state index in [4.69, 9.17) is 5.26 Å². The Bertz CT molecular complexity index is 368. The molecule has 0 radical (unpaired) electrons. The zero-order valence-electron chi connectivity index (χ0n) is 10.1. The fourth-order valence-corrected chi connectivity index (χ4v) is 1.36. The average molecular weight is 218 g/mol. The molecule has 0 aliphatic carbocycles. The lowest BCUT2D eigenvalue weighted by Crippen LogP contribution is -2.23. The normalized spacial score (nSPS) is 12.2. The summed E-state index contributed by atoms with van der Waals surface area (Å²) in [5.74, 6) is 0.769. The van der Waals surface area contributed by atoms with Gasteiger partial charge in [0.1, 0.15) is 5.82 Å². The van der Waals surface area contributed by atoms with Gasteiger partial charge < -0.3 is 10.2 Å². The molecule has 1 aromatic rings. The predicted octanol–water partition coefficient (Wildman–Crippen LogP) is 1.71. The number of hydrogen-bond acceptors (Lipinski definition) is 4. The first kappa shape index (κ1) is 12.5. The molecule has 0 saturated carbocycles. The number of aromatic nitrogens is 1. The van der Waals surface area contributed by atoms with Gasteiger partial charge in [0.25, 0.3) is 0 Å². The minimum atomic E-state index is 0.351. The van der Waals surface area contributed by atoms with Gasteiger partial charge in [-0.25, -0.2) is 4.98 Å². The zero-order valence-corrected chi connectivity index (χ0v) is 10.1. The molecule has 1 atom stereocenters. The van der Waals surface area contributed by atoms with Gasteiger partial charge in [0.15, 0.2) is 0 Å². The van der Waals surface area contributed by atoms with Crippen molar-refractivity contribution in [3.8, 4) is 6.07 Å². The van der Waals surface area contributed by atoms with Crippen LogP contribution in [0.1, 0.15) is 18.9 Å². The molecule has 1 N–H and O–H groups in total. The first-order valence-electron chi connectivity index (χ1n) is 5.39. The lowest BCUT2D eigenvalue weighted by atomic mass is 10.2. The summed E-state index contributed by atoms with van der Waals surface area (Å²) in [5, 5.41) is 12.0. The number of hydrogen-bond donors (Lipinski definition) is 1. The first-order chi connectivity index (χ1) is 7.61. The van der Waals surface area contributed by atoms with Gasteiger partial charge in [0, 0.05) is 12.2 Å². The Morgan fingerprint density at radius 3 is 2.94 bits per heavy atom. The smallest absolute Gasteiger partial charge is 0.127 e. The maximum Gasteiger partial charge on any atom is 0.127 e. The van der Waals surface area contributed by atoms with Crippen LogP contribution in [-0.2, 0) is 0 Å². The molecule has 1 rings (SSSR count). The Morgan fingerprint density at radius 1 is 1.56 bits per heavy atom. The summed E-state index contributed by atoms with van der Waals surface area (Å²) in [6, 6.07) is 5.93. The molecule has 0 aliphatic heterocycles. The van der Waals surface area contributed by atoms with Crippen molar-refractivity contribution < 1.29 is 0 Å². The van der Waals surface area contributed by atoms with Gasteiger partial charge in [-0.05, 0) is 46.1 Å². The van der Waals surface area contributed by atoms with Crippen molar-refractivity contribution in [1.29, 1.82) is 5.26 Å². The van der Waals surface area contributed by atoms with Crippen molar-refractivity contribution in [2.24, 2.45) is 0 Å². The zero-order chi connectivity index (χ0) is 12.0. The molecule has 1 aromatic heterocycles. The Kier molecular flexibility index (Phi) is 4.74. The van der Waals surface area contributed by atoms with Crippen molar-refractivity contribution in [2.75, 3.05) is 26.0 Å². The molecule has 0 aromatic carbocycles. The van der Waals surface area contributed by atoms with Crippen LogP contribution in [0.4, 0.5) is 5.82 Å². The standard InChI is InChI=1S/C12H18N4/c1-10(5-7-16(2)3)15-12-8-11(9-13)4-6-14-12/h4,6,8,10H,5,7H2,1-3H3,(H,14,15). The summed E-state index contributed by atoms with van der Waals surface area (Å²) in [6.07, 6.45) is 2.70. The molecule has 0 bridgehead atoms. The SMILES string of the molecule is CC(CCN(C)C)Nc1cc(C#N)ccn1. The van der Waals surface area contributed by atoms with E-state index in [1.807, 2.05) is 0 Å². The van der Waals surface area contributed by atoms with Gasteiger partial charge in [-0.1, -0.05) is 0 Å². The molecule has 0 saturated heterocycles. The number of nitriles is 1. The van der Waals surface area contributed by atoms with Crippen LogP contribution >= 0.6 is 0 Å². The first-order valence-corrected chi connectivity index (χ1v) is 5.39. The quantitative estimate of drug-likeness (QED) is 0.817. The number of nitrogens with zero attached hydrogens (tertiary/aromatic N) is 3. The van der Waals surface area contributed by atoms with Gasteiger partial charge in [-0.3, -0.25) is 0 Å². The summed E-state index contributed by atoms with van der Waals surface area (Å²) >= 11 is 0. The van der Waals surface area contributed by atoms with E-state index in [9.17, 15) is 0 Å². The van der Waals surface area contributed by atoms with Crippen LogP contribution in [0.15, 0.2) is 18.3 Å². The molecule has 0 aliphatic rings. The Hall–Kier alpha value is -1.60. The second-order valence-corrected chi connectivity index (χ2v) is 4.18. The molecule has 86 valence electrons. The molecular formula is C12H18N4. The van der Waals surface area contributed by atoms with Crippen molar-refractivity contribution in [3.05, 3.63) is 23.9 Å². The van der Waals surface area contributed by atoms with E-state index < -0.39 is 0 Å². The summed E-state index contributed by atoms with van der Waals surface area (Å²) in [6.45, 7) is 3.15. The predicted molar refractivity (Wildman–Crippen MR) is 65.2 cm³/mol. The van der Waals surface area contributed by atoms with E-state index in [2.05, 4.69) is 42.3 Å². The second-order valence-electron chi connectivity index (χ2n) is 4.18. The molecular weight excluding hydrogens is 200 g/mol. The molecule has 4 heteroatoms. The molecule has 0 fully saturated rings. The Balaban J connectivity index is 2.49. The average Bonchev–Trinajstić information content (AvgIpc) is 2.26. The highest BCUT2D eigenvalue weighted by Gasteiger charge is 2.04. The van der Waals surface area contributed by atoms with Crippen molar-refractivity contribution in [2.45, 2.75) is 19.4 Å². The minimum Gasteiger partial charge on any atom is -0.368 e. The second kappa shape index (κ2) is 6.09. The van der Waals surface area contributed by atoms with E-state index in [1.54, 1.807) is 18.3 Å². The summed E-state index contributed by atoms with van der Waals surface area (Å²) < 4.78 is 0. The van der Waals surface area contributed by atoms with Gasteiger partial charge in [0.05, 0.1) is 11.6 Å². The van der Waals surface area contributed by atoms with Gasteiger partial charge in [-0.15, -0.1) is 0 Å². The Morgan fingerprint density at radius 2 is 2.31 bits per heavy atom. The van der Waals surface area contributed by atoms with E-state index in [0.717, 1.165) is 18.8 Å². The van der Waals surface area contributed by atoms with Crippen molar-refractivity contribution in [3.63, 3.8) is 0 Å². The van der Waals surface area contributed by atoms with Crippen molar-refractivity contribution >= 4 is 5.82 Å². The fourth-order valence-electron chi connectivity index (χ4n) is 1.36. The third-order valence-corrected chi connectivity index (χ3v) is 2.29. The number of pyridine rings is 1. The molecule has 16 heavy (non-hydrogen) atoms. The maximum atomic E-state index is 8.76. The van der Waals surface area contributed by atoms with Crippen LogP contribution in [0.5, 0.6) is 0 Å². The lowest BCUT2D eigenvalue weighted by molar-refractivity contribution is 0.390. The number of nitrogens with one attached hydrogen (secondary N) is 1. The van der Waals surface area contributed by atoms with E-state index in [-0.39, 0.29) is 0 Å². The van der Waals surface area contributed by atoms with Gasteiger partial charge in [0.2, 0.25) is 0 Å². The number of rotatable bonds is 5. The molecule has 1 heterocycles. The third-order valence-electron chi connectivity index (χ3n) is 2.29. The highest BCUT2D eigenvalue weighted by molar-refractivity contribution is 5.42. The van der Waals surface area contributed by atoms with E-state index >= 15 is 0 Å². The summed E-state index contributed by atoms with van der Waals surface area (Å²) in [4.78, 5) is 6.33. The van der Waals surface area contributed by atoms with E-state index in [1.165, 1.54) is 0 Å². The Labute approximate surface area is 96.9 Å². The maximum absolute atomic E-state index is 8.76. The van der Waals surface area contributed by atoms with Crippen LogP contribution in [0.3, 0.4) is 0 Å². The molecule has 4 nitrogen and oxygen atoms in total. The van der Waals surface area contributed by atoms with Crippen molar-refractivity contribution in [1.82, 2.24) is 9.88 Å². The van der Waals surface area contributed by atoms with Gasteiger partial charge in [-0.2, -0.15) is 5.26 Å².